The van der Waals surface area contributed by atoms with Gasteiger partial charge in [0.15, 0.2) is 11.6 Å². The van der Waals surface area contributed by atoms with Crippen molar-refractivity contribution in [2.24, 2.45) is 0 Å². The molecule has 2 aromatic heterocycles. The zero-order valence-corrected chi connectivity index (χ0v) is 7.38. The van der Waals surface area contributed by atoms with Gasteiger partial charge in [0.2, 0.25) is 0 Å². The van der Waals surface area contributed by atoms with Crippen molar-refractivity contribution in [3.8, 4) is 11.3 Å². The van der Waals surface area contributed by atoms with Gasteiger partial charge in [-0.1, -0.05) is 0 Å². The van der Waals surface area contributed by atoms with E-state index in [1.807, 2.05) is 12.1 Å². The second-order valence-corrected chi connectivity index (χ2v) is 2.76. The van der Waals surface area contributed by atoms with Crippen LogP contribution in [0.5, 0.6) is 0 Å². The lowest BCUT2D eigenvalue weighted by Gasteiger charge is -2.02. The van der Waals surface area contributed by atoms with E-state index >= 15 is 0 Å². The maximum Gasteiger partial charge on any atom is 0.166 e. The third-order valence-electron chi connectivity index (χ3n) is 1.81. The number of nitrogen functional groups attached to an aromatic ring is 2. The fraction of sp³-hybridized carbons (Fsp3) is 0. The second-order valence-electron chi connectivity index (χ2n) is 2.76. The normalized spacial score (nSPS) is 10.0. The molecule has 0 radical (unpaired) electrons. The van der Waals surface area contributed by atoms with Crippen molar-refractivity contribution in [2.45, 2.75) is 0 Å². The SMILES string of the molecule is Nc1ncc(-c2ccncc2)nc1N. The van der Waals surface area contributed by atoms with Crippen LogP contribution in [0.1, 0.15) is 0 Å². The summed E-state index contributed by atoms with van der Waals surface area (Å²) in [5.74, 6) is 0.502. The highest BCUT2D eigenvalue weighted by Gasteiger charge is 2.02. The molecule has 0 aromatic carbocycles. The number of aromatic nitrogens is 3. The van der Waals surface area contributed by atoms with Crippen LogP contribution in [0.25, 0.3) is 11.3 Å². The van der Waals surface area contributed by atoms with Gasteiger partial charge in [-0.3, -0.25) is 4.98 Å². The molecular weight excluding hydrogens is 178 g/mol. The number of rotatable bonds is 1. The quantitative estimate of drug-likeness (QED) is 0.685. The Hall–Kier alpha value is -2.17. The lowest BCUT2D eigenvalue weighted by molar-refractivity contribution is 1.22. The molecule has 5 nitrogen and oxygen atoms in total. The first kappa shape index (κ1) is 8.43. The smallest absolute Gasteiger partial charge is 0.166 e. The van der Waals surface area contributed by atoms with E-state index in [0.29, 0.717) is 5.69 Å². The minimum absolute atomic E-state index is 0.249. The van der Waals surface area contributed by atoms with Gasteiger partial charge in [0.05, 0.1) is 11.9 Å². The molecule has 0 saturated heterocycles. The summed E-state index contributed by atoms with van der Waals surface area (Å²) < 4.78 is 0. The topological polar surface area (TPSA) is 90.7 Å². The number of hydrogen-bond donors (Lipinski definition) is 2. The molecule has 0 atom stereocenters. The van der Waals surface area contributed by atoms with Gasteiger partial charge in [-0.25, -0.2) is 9.97 Å². The van der Waals surface area contributed by atoms with E-state index < -0.39 is 0 Å². The Kier molecular flexibility index (Phi) is 1.98. The molecule has 14 heavy (non-hydrogen) atoms. The first-order valence-electron chi connectivity index (χ1n) is 4.06. The van der Waals surface area contributed by atoms with E-state index in [4.69, 9.17) is 11.5 Å². The molecule has 0 fully saturated rings. The van der Waals surface area contributed by atoms with Gasteiger partial charge in [-0.05, 0) is 12.1 Å². The molecule has 0 aliphatic rings. The highest BCUT2D eigenvalue weighted by molar-refractivity contribution is 5.63. The van der Waals surface area contributed by atoms with E-state index in [9.17, 15) is 0 Å². The molecule has 0 bridgehead atoms. The van der Waals surface area contributed by atoms with Gasteiger partial charge in [-0.15, -0.1) is 0 Å². The van der Waals surface area contributed by atoms with Crippen LogP contribution >= 0.6 is 0 Å². The number of anilines is 2. The van der Waals surface area contributed by atoms with E-state index in [-0.39, 0.29) is 11.6 Å². The van der Waals surface area contributed by atoms with Crippen molar-refractivity contribution >= 4 is 11.6 Å². The van der Waals surface area contributed by atoms with Gasteiger partial charge in [0.1, 0.15) is 0 Å². The highest BCUT2D eigenvalue weighted by Crippen LogP contribution is 2.17. The Bertz CT molecular complexity index is 440. The van der Waals surface area contributed by atoms with Crippen LogP contribution in [0.4, 0.5) is 11.6 Å². The van der Waals surface area contributed by atoms with Crippen LogP contribution in [0.3, 0.4) is 0 Å². The first-order chi connectivity index (χ1) is 6.77. The van der Waals surface area contributed by atoms with E-state index in [1.165, 1.54) is 0 Å². The summed E-state index contributed by atoms with van der Waals surface area (Å²) in [5, 5.41) is 0. The van der Waals surface area contributed by atoms with Crippen LogP contribution < -0.4 is 11.5 Å². The van der Waals surface area contributed by atoms with E-state index in [0.717, 1.165) is 5.56 Å². The van der Waals surface area contributed by atoms with Crippen molar-refractivity contribution in [3.05, 3.63) is 30.7 Å². The molecule has 0 spiro atoms. The summed E-state index contributed by atoms with van der Waals surface area (Å²) in [4.78, 5) is 11.9. The molecule has 0 aliphatic heterocycles. The molecule has 4 N–H and O–H groups in total. The maximum absolute atomic E-state index is 5.54. The average Bonchev–Trinajstić information content (AvgIpc) is 2.23. The summed E-state index contributed by atoms with van der Waals surface area (Å²) in [6.07, 6.45) is 4.95. The Labute approximate surface area is 80.8 Å². The van der Waals surface area contributed by atoms with Crippen LogP contribution in [-0.4, -0.2) is 15.0 Å². The monoisotopic (exact) mass is 187 g/mol. The lowest BCUT2D eigenvalue weighted by atomic mass is 10.2. The molecule has 70 valence electrons. The number of pyridine rings is 1. The van der Waals surface area contributed by atoms with Crippen LogP contribution in [0, 0.1) is 0 Å². The first-order valence-corrected chi connectivity index (χ1v) is 4.06. The average molecular weight is 187 g/mol. The second kappa shape index (κ2) is 3.29. The van der Waals surface area contributed by atoms with E-state index in [2.05, 4.69) is 15.0 Å². The summed E-state index contributed by atoms with van der Waals surface area (Å²) in [6, 6.07) is 3.67. The fourth-order valence-electron chi connectivity index (χ4n) is 1.07. The maximum atomic E-state index is 5.54. The third kappa shape index (κ3) is 1.47. The predicted molar refractivity (Wildman–Crippen MR) is 54.1 cm³/mol. The fourth-order valence-corrected chi connectivity index (χ4v) is 1.07. The zero-order chi connectivity index (χ0) is 9.97. The predicted octanol–water partition coefficient (Wildman–Crippen LogP) is 0.703. The minimum Gasteiger partial charge on any atom is -0.381 e. The molecule has 0 unspecified atom stereocenters. The standard InChI is InChI=1S/C9H9N5/c10-8-9(11)14-7(5-13-8)6-1-3-12-4-2-6/h1-5H,(H2,10,13)(H2,11,14). The Morgan fingerprint density at radius 3 is 2.36 bits per heavy atom. The lowest BCUT2D eigenvalue weighted by Crippen LogP contribution is -2.01. The van der Waals surface area contributed by atoms with Crippen molar-refractivity contribution in [1.82, 2.24) is 15.0 Å². The Balaban J connectivity index is 2.48. The van der Waals surface area contributed by atoms with Crippen molar-refractivity contribution in [2.75, 3.05) is 11.5 Å². The third-order valence-corrected chi connectivity index (χ3v) is 1.81. The summed E-state index contributed by atoms with van der Waals surface area (Å²) in [5.41, 5.74) is 12.6. The van der Waals surface area contributed by atoms with Gasteiger partial charge in [0, 0.05) is 18.0 Å². The largest absolute Gasteiger partial charge is 0.381 e. The summed E-state index contributed by atoms with van der Waals surface area (Å²) >= 11 is 0. The van der Waals surface area contributed by atoms with Gasteiger partial charge in [-0.2, -0.15) is 0 Å². The molecule has 0 saturated carbocycles. The summed E-state index contributed by atoms with van der Waals surface area (Å²) in [6.45, 7) is 0. The number of nitrogens with two attached hydrogens (primary N) is 2. The Morgan fingerprint density at radius 1 is 1.00 bits per heavy atom. The van der Waals surface area contributed by atoms with Crippen LogP contribution in [0.2, 0.25) is 0 Å². The highest BCUT2D eigenvalue weighted by atomic mass is 15.0. The molecule has 2 aromatic rings. The molecule has 2 heterocycles. The Morgan fingerprint density at radius 2 is 1.71 bits per heavy atom. The molecule has 5 heteroatoms. The van der Waals surface area contributed by atoms with E-state index in [1.54, 1.807) is 18.6 Å². The molecule has 0 amide bonds. The van der Waals surface area contributed by atoms with Gasteiger partial charge in [0.25, 0.3) is 0 Å². The van der Waals surface area contributed by atoms with Gasteiger partial charge >= 0.3 is 0 Å². The van der Waals surface area contributed by atoms with Crippen LogP contribution in [0.15, 0.2) is 30.7 Å². The number of nitrogens with zero attached hydrogens (tertiary/aromatic N) is 3. The molecule has 0 aliphatic carbocycles. The minimum atomic E-state index is 0.249. The molecule has 2 rings (SSSR count). The van der Waals surface area contributed by atoms with Gasteiger partial charge < -0.3 is 11.5 Å². The van der Waals surface area contributed by atoms with Crippen molar-refractivity contribution in [1.29, 1.82) is 0 Å². The van der Waals surface area contributed by atoms with Crippen LogP contribution in [-0.2, 0) is 0 Å². The number of hydrogen-bond acceptors (Lipinski definition) is 5. The summed E-state index contributed by atoms with van der Waals surface area (Å²) in [7, 11) is 0. The zero-order valence-electron chi connectivity index (χ0n) is 7.38. The van der Waals surface area contributed by atoms with Crippen molar-refractivity contribution in [3.63, 3.8) is 0 Å². The van der Waals surface area contributed by atoms with Crippen molar-refractivity contribution < 1.29 is 0 Å². The molecular formula is C9H9N5.